The first-order valence-corrected chi connectivity index (χ1v) is 4.85. The Kier molecular flexibility index (Phi) is 2.50. The van der Waals surface area contributed by atoms with E-state index in [4.69, 9.17) is 0 Å². The Hall–Kier alpha value is -1.70. The molecule has 0 atom stereocenters. The molecule has 1 aromatic heterocycles. The van der Waals surface area contributed by atoms with Crippen LogP contribution in [0.5, 0.6) is 0 Å². The quantitative estimate of drug-likeness (QED) is 0.688. The van der Waals surface area contributed by atoms with Crippen LogP contribution in [0.2, 0.25) is 0 Å². The van der Waals surface area contributed by atoms with Crippen molar-refractivity contribution in [3.63, 3.8) is 0 Å². The fourth-order valence-corrected chi connectivity index (χ4v) is 1.88. The van der Waals surface area contributed by atoms with Crippen molar-refractivity contribution in [3.8, 4) is 11.1 Å². The predicted octanol–water partition coefficient (Wildman–Crippen LogP) is 3.50. The summed E-state index contributed by atoms with van der Waals surface area (Å²) in [5, 5.41) is 0. The zero-order valence-electron chi connectivity index (χ0n) is 8.79. The highest BCUT2D eigenvalue weighted by Crippen LogP contribution is 2.27. The molecule has 0 N–H and O–H groups in total. The van der Waals surface area contributed by atoms with E-state index in [1.54, 1.807) is 24.5 Å². The second-order valence-corrected chi connectivity index (χ2v) is 3.66. The molecule has 2 heteroatoms. The van der Waals surface area contributed by atoms with Gasteiger partial charge in [0.05, 0.1) is 0 Å². The number of benzene rings is 1. The molecule has 0 fully saturated rings. The fraction of sp³-hybridized carbons (Fsp3) is 0.154. The fourth-order valence-electron chi connectivity index (χ4n) is 1.88. The van der Waals surface area contributed by atoms with Crippen LogP contribution in [0.4, 0.5) is 4.39 Å². The lowest BCUT2D eigenvalue weighted by Crippen LogP contribution is -1.90. The number of aromatic nitrogens is 1. The highest BCUT2D eigenvalue weighted by molar-refractivity contribution is 5.69. The second kappa shape index (κ2) is 3.81. The van der Waals surface area contributed by atoms with Crippen LogP contribution in [0.3, 0.4) is 0 Å². The number of halogens is 1. The number of aryl methyl sites for hydroxylation is 2. The van der Waals surface area contributed by atoms with E-state index < -0.39 is 0 Å². The van der Waals surface area contributed by atoms with Crippen molar-refractivity contribution in [1.29, 1.82) is 0 Å². The van der Waals surface area contributed by atoms with Crippen LogP contribution >= 0.6 is 0 Å². The molecule has 0 saturated carbocycles. The van der Waals surface area contributed by atoms with Gasteiger partial charge in [0.1, 0.15) is 5.82 Å². The highest BCUT2D eigenvalue weighted by Gasteiger charge is 2.07. The van der Waals surface area contributed by atoms with Crippen LogP contribution in [0, 0.1) is 19.7 Å². The van der Waals surface area contributed by atoms with E-state index in [0.29, 0.717) is 0 Å². The predicted molar refractivity (Wildman–Crippen MR) is 59.1 cm³/mol. The lowest BCUT2D eigenvalue weighted by Gasteiger charge is -2.09. The van der Waals surface area contributed by atoms with Gasteiger partial charge in [0.2, 0.25) is 0 Å². The van der Waals surface area contributed by atoms with Gasteiger partial charge in [0, 0.05) is 18.0 Å². The summed E-state index contributed by atoms with van der Waals surface area (Å²) in [6.45, 7) is 3.83. The molecule has 76 valence electrons. The molecular formula is C13H12FN. The molecule has 15 heavy (non-hydrogen) atoms. The minimum atomic E-state index is -0.183. The van der Waals surface area contributed by atoms with Crippen molar-refractivity contribution in [1.82, 2.24) is 4.98 Å². The van der Waals surface area contributed by atoms with Crippen molar-refractivity contribution in [2.75, 3.05) is 0 Å². The van der Waals surface area contributed by atoms with Crippen LogP contribution < -0.4 is 0 Å². The molecule has 0 unspecified atom stereocenters. The van der Waals surface area contributed by atoms with Gasteiger partial charge >= 0.3 is 0 Å². The third-order valence-electron chi connectivity index (χ3n) is 2.45. The van der Waals surface area contributed by atoms with Crippen LogP contribution in [0.1, 0.15) is 11.1 Å². The summed E-state index contributed by atoms with van der Waals surface area (Å²) in [5.74, 6) is -0.183. The Morgan fingerprint density at radius 1 is 1.13 bits per heavy atom. The molecule has 1 heterocycles. The third-order valence-corrected chi connectivity index (χ3v) is 2.45. The Labute approximate surface area is 88.6 Å². The molecule has 0 aliphatic carbocycles. The zero-order chi connectivity index (χ0) is 10.8. The summed E-state index contributed by atoms with van der Waals surface area (Å²) in [4.78, 5) is 4.07. The largest absolute Gasteiger partial charge is 0.264 e. The summed E-state index contributed by atoms with van der Waals surface area (Å²) in [6.07, 6.45) is 3.53. The van der Waals surface area contributed by atoms with Crippen molar-refractivity contribution >= 4 is 0 Å². The molecular weight excluding hydrogens is 189 g/mol. The van der Waals surface area contributed by atoms with E-state index >= 15 is 0 Å². The van der Waals surface area contributed by atoms with Crippen LogP contribution in [-0.4, -0.2) is 4.98 Å². The molecule has 0 bridgehead atoms. The van der Waals surface area contributed by atoms with Crippen molar-refractivity contribution in [2.24, 2.45) is 0 Å². The van der Waals surface area contributed by atoms with Gasteiger partial charge in [0.15, 0.2) is 0 Å². The molecule has 0 saturated heterocycles. The van der Waals surface area contributed by atoms with Crippen LogP contribution in [0.25, 0.3) is 11.1 Å². The summed E-state index contributed by atoms with van der Waals surface area (Å²) in [5.41, 5.74) is 4.00. The lowest BCUT2D eigenvalue weighted by atomic mass is 9.97. The van der Waals surface area contributed by atoms with Crippen molar-refractivity contribution in [2.45, 2.75) is 13.8 Å². The third kappa shape index (κ3) is 1.89. The van der Waals surface area contributed by atoms with Gasteiger partial charge < -0.3 is 0 Å². The molecule has 1 aromatic carbocycles. The van der Waals surface area contributed by atoms with E-state index in [1.807, 2.05) is 26.0 Å². The molecule has 1 nitrogen and oxygen atoms in total. The topological polar surface area (TPSA) is 12.9 Å². The van der Waals surface area contributed by atoms with E-state index in [-0.39, 0.29) is 5.82 Å². The molecule has 0 spiro atoms. The molecule has 0 amide bonds. The molecule has 2 aromatic rings. The second-order valence-electron chi connectivity index (χ2n) is 3.66. The number of pyridine rings is 1. The molecule has 0 radical (unpaired) electrons. The Morgan fingerprint density at radius 2 is 1.80 bits per heavy atom. The Balaban J connectivity index is 2.64. The summed E-state index contributed by atoms with van der Waals surface area (Å²) in [6, 6.07) is 6.97. The maximum atomic E-state index is 13.1. The molecule has 2 rings (SSSR count). The standard InChI is InChI=1S/C13H12FN/c1-9-6-12(14)7-10(2)13(9)11-4-3-5-15-8-11/h3-8H,1-2H3. The van der Waals surface area contributed by atoms with Gasteiger partial charge in [-0.2, -0.15) is 0 Å². The molecule has 0 aliphatic rings. The molecule has 0 aliphatic heterocycles. The van der Waals surface area contributed by atoms with E-state index in [9.17, 15) is 4.39 Å². The van der Waals surface area contributed by atoms with E-state index in [1.165, 1.54) is 0 Å². The van der Waals surface area contributed by atoms with E-state index in [2.05, 4.69) is 4.98 Å². The van der Waals surface area contributed by atoms with E-state index in [0.717, 1.165) is 22.3 Å². The van der Waals surface area contributed by atoms with Gasteiger partial charge in [-0.25, -0.2) is 4.39 Å². The van der Waals surface area contributed by atoms with Gasteiger partial charge in [-0.1, -0.05) is 6.07 Å². The van der Waals surface area contributed by atoms with Crippen LogP contribution in [0.15, 0.2) is 36.7 Å². The monoisotopic (exact) mass is 201 g/mol. The Bertz CT molecular complexity index is 454. The number of rotatable bonds is 1. The van der Waals surface area contributed by atoms with Crippen molar-refractivity contribution in [3.05, 3.63) is 53.6 Å². The number of hydrogen-bond donors (Lipinski definition) is 0. The first-order valence-electron chi connectivity index (χ1n) is 4.85. The Morgan fingerprint density at radius 3 is 2.33 bits per heavy atom. The maximum Gasteiger partial charge on any atom is 0.123 e. The minimum absolute atomic E-state index is 0.183. The van der Waals surface area contributed by atoms with Gasteiger partial charge in [-0.15, -0.1) is 0 Å². The average Bonchev–Trinajstić information content (AvgIpc) is 2.17. The summed E-state index contributed by atoms with van der Waals surface area (Å²) in [7, 11) is 0. The van der Waals surface area contributed by atoms with Gasteiger partial charge in [0.25, 0.3) is 0 Å². The zero-order valence-corrected chi connectivity index (χ0v) is 8.79. The first kappa shape index (κ1) is 9.84. The SMILES string of the molecule is Cc1cc(F)cc(C)c1-c1cccnc1. The smallest absolute Gasteiger partial charge is 0.123 e. The summed E-state index contributed by atoms with van der Waals surface area (Å²) >= 11 is 0. The average molecular weight is 201 g/mol. The highest BCUT2D eigenvalue weighted by atomic mass is 19.1. The summed E-state index contributed by atoms with van der Waals surface area (Å²) < 4.78 is 13.1. The minimum Gasteiger partial charge on any atom is -0.264 e. The van der Waals surface area contributed by atoms with Crippen molar-refractivity contribution < 1.29 is 4.39 Å². The number of hydrogen-bond acceptors (Lipinski definition) is 1. The van der Waals surface area contributed by atoms with Gasteiger partial charge in [-0.05, 0) is 48.7 Å². The van der Waals surface area contributed by atoms with Crippen LogP contribution in [-0.2, 0) is 0 Å². The lowest BCUT2D eigenvalue weighted by molar-refractivity contribution is 0.625. The number of nitrogens with zero attached hydrogens (tertiary/aromatic N) is 1. The maximum absolute atomic E-state index is 13.1. The normalized spacial score (nSPS) is 10.3. The first-order chi connectivity index (χ1) is 7.18. The van der Waals surface area contributed by atoms with Gasteiger partial charge in [-0.3, -0.25) is 4.98 Å².